The summed E-state index contributed by atoms with van der Waals surface area (Å²) in [5.74, 6) is 0. The Morgan fingerprint density at radius 3 is 2.51 bits per heavy atom. The highest BCUT2D eigenvalue weighted by Crippen LogP contribution is 2.35. The second-order valence-electron chi connectivity index (χ2n) is 9.10. The van der Waals surface area contributed by atoms with Gasteiger partial charge >= 0.3 is 0 Å². The highest BCUT2D eigenvalue weighted by molar-refractivity contribution is 6.33. The van der Waals surface area contributed by atoms with E-state index in [4.69, 9.17) is 22.1 Å². The van der Waals surface area contributed by atoms with E-state index in [9.17, 15) is 13.9 Å². The summed E-state index contributed by atoms with van der Waals surface area (Å²) >= 11 is 6.61. The summed E-state index contributed by atoms with van der Waals surface area (Å²) in [6, 6.07) is 3.15. The average Bonchev–Trinajstić information content (AvgIpc) is 3.17. The van der Waals surface area contributed by atoms with Gasteiger partial charge in [0.15, 0.2) is 0 Å². The molecule has 2 aliphatic heterocycles. The molecule has 11 heteroatoms. The molecule has 1 aromatic rings. The summed E-state index contributed by atoms with van der Waals surface area (Å²) in [7, 11) is 0. The lowest BCUT2D eigenvalue weighted by atomic mass is 9.95. The van der Waals surface area contributed by atoms with Crippen molar-refractivity contribution >= 4 is 41.6 Å². The van der Waals surface area contributed by atoms with Crippen molar-refractivity contribution < 1.29 is 18.6 Å². The van der Waals surface area contributed by atoms with Crippen LogP contribution in [0.15, 0.2) is 39.0 Å². The number of rotatable bonds is 8. The maximum Gasteiger partial charge on any atom is 0.282 e. The number of ether oxygens (including phenoxy) is 1. The molecule has 2 aliphatic rings. The first-order valence-electron chi connectivity index (χ1n) is 11.5. The van der Waals surface area contributed by atoms with Gasteiger partial charge in [0.25, 0.3) is 6.43 Å². The first-order valence-corrected chi connectivity index (χ1v) is 11.9. The molecule has 2 saturated heterocycles. The Bertz CT molecular complexity index is 1010. The Morgan fingerprint density at radius 1 is 1.31 bits per heavy atom. The zero-order valence-electron chi connectivity index (χ0n) is 20.3. The molecule has 0 aromatic heterocycles. The lowest BCUT2D eigenvalue weighted by molar-refractivity contribution is 0.00884. The van der Waals surface area contributed by atoms with Gasteiger partial charge < -0.3 is 20.5 Å². The highest BCUT2D eigenvalue weighted by atomic mass is 35.5. The number of nitrogens with zero attached hydrogens (tertiary/aromatic N) is 5. The van der Waals surface area contributed by atoms with Gasteiger partial charge in [-0.1, -0.05) is 11.6 Å². The molecule has 2 fully saturated rings. The Hall–Kier alpha value is -2.40. The van der Waals surface area contributed by atoms with Crippen molar-refractivity contribution in [3.8, 4) is 0 Å². The summed E-state index contributed by atoms with van der Waals surface area (Å²) in [6.07, 6.45) is -0.939. The first kappa shape index (κ1) is 27.2. The van der Waals surface area contributed by atoms with Crippen LogP contribution in [0.25, 0.3) is 0 Å². The van der Waals surface area contributed by atoms with Crippen LogP contribution in [0, 0.1) is 0 Å². The van der Waals surface area contributed by atoms with Gasteiger partial charge in [0.2, 0.25) is 0 Å². The molecule has 0 spiro atoms. The zero-order valence-corrected chi connectivity index (χ0v) is 21.0. The molecule has 35 heavy (non-hydrogen) atoms. The van der Waals surface area contributed by atoms with Crippen LogP contribution in [0.4, 0.5) is 20.2 Å². The topological polar surface area (TPSA) is 99.0 Å². The fourth-order valence-electron chi connectivity index (χ4n) is 4.31. The molecule has 0 aliphatic carbocycles. The number of hydrogen-bond donors (Lipinski definition) is 2. The Labute approximate surface area is 209 Å². The number of alkyl halides is 2. The third-order valence-electron chi connectivity index (χ3n) is 6.36. The van der Waals surface area contributed by atoms with Gasteiger partial charge in [-0.15, -0.1) is 0 Å². The van der Waals surface area contributed by atoms with Crippen molar-refractivity contribution in [1.82, 2.24) is 4.90 Å². The number of halogens is 3. The fourth-order valence-corrected chi connectivity index (χ4v) is 4.60. The van der Waals surface area contributed by atoms with Gasteiger partial charge in [0.05, 0.1) is 41.3 Å². The van der Waals surface area contributed by atoms with Gasteiger partial charge in [0.1, 0.15) is 11.4 Å². The normalized spacial score (nSPS) is 24.8. The predicted octanol–water partition coefficient (Wildman–Crippen LogP) is 3.28. The fraction of sp³-hybridized carbons (Fsp3) is 0.542. The summed E-state index contributed by atoms with van der Waals surface area (Å²) in [4.78, 5) is 16.6. The van der Waals surface area contributed by atoms with E-state index in [-0.39, 0.29) is 11.7 Å². The SMILES string of the molecule is C=Nc1cc(N2CCN(C3(C)COCC3O)CC2)c(Cl)cc1C=N/C(=C/N)C(=NC(C)C)C(F)F. The molecule has 0 bridgehead atoms. The molecule has 0 radical (unpaired) electrons. The third-order valence-corrected chi connectivity index (χ3v) is 6.67. The zero-order chi connectivity index (χ0) is 25.8. The first-order chi connectivity index (χ1) is 16.6. The van der Waals surface area contributed by atoms with Crippen LogP contribution in [0.1, 0.15) is 26.3 Å². The maximum atomic E-state index is 13.5. The number of piperazine rings is 1. The standard InChI is InChI=1S/C24H33ClF2N6O2/c1-15(2)31-22(23(26)27)19(11-28)30-12-16-9-17(25)20(10-18(16)29-4)32-5-7-33(8-6-32)24(3)14-35-13-21(24)34/h9-12,15,21,23,34H,4-8,13-14,28H2,1-3H3/b19-11+,30-12?,31-22?. The second kappa shape index (κ2) is 11.6. The van der Waals surface area contributed by atoms with Crippen LogP contribution in [-0.4, -0.2) is 92.2 Å². The van der Waals surface area contributed by atoms with Crippen molar-refractivity contribution in [1.29, 1.82) is 0 Å². The number of hydrogen-bond acceptors (Lipinski definition) is 8. The number of benzene rings is 1. The van der Waals surface area contributed by atoms with E-state index in [2.05, 4.69) is 31.5 Å². The number of allylic oxidation sites excluding steroid dienone is 1. The number of aliphatic imine (C=N–C) groups is 3. The summed E-state index contributed by atoms with van der Waals surface area (Å²) in [5.41, 5.74) is 6.40. The van der Waals surface area contributed by atoms with Gasteiger partial charge in [-0.3, -0.25) is 19.9 Å². The van der Waals surface area contributed by atoms with Crippen LogP contribution in [-0.2, 0) is 4.74 Å². The molecule has 2 heterocycles. The highest BCUT2D eigenvalue weighted by Gasteiger charge is 2.44. The quantitative estimate of drug-likeness (QED) is 0.523. The molecule has 0 saturated carbocycles. The van der Waals surface area contributed by atoms with E-state index in [0.717, 1.165) is 25.0 Å². The maximum absolute atomic E-state index is 13.5. The minimum Gasteiger partial charge on any atom is -0.403 e. The Balaban J connectivity index is 1.79. The number of aliphatic hydroxyl groups excluding tert-OH is 1. The molecular weight excluding hydrogens is 478 g/mol. The molecule has 1 aromatic carbocycles. The smallest absolute Gasteiger partial charge is 0.282 e. The van der Waals surface area contributed by atoms with Gasteiger partial charge in [-0.05, 0) is 39.6 Å². The second-order valence-corrected chi connectivity index (χ2v) is 9.51. The van der Waals surface area contributed by atoms with Crippen LogP contribution in [0.2, 0.25) is 5.02 Å². The molecule has 192 valence electrons. The molecule has 0 amide bonds. The third kappa shape index (κ3) is 6.06. The molecule has 2 unspecified atom stereocenters. The van der Waals surface area contributed by atoms with Crippen molar-refractivity contribution in [2.45, 2.75) is 44.9 Å². The molecular formula is C24H33ClF2N6O2. The van der Waals surface area contributed by atoms with Crippen molar-refractivity contribution in [3.05, 3.63) is 34.6 Å². The summed E-state index contributed by atoms with van der Waals surface area (Å²) in [6.45, 7) is 12.8. The van der Waals surface area contributed by atoms with Crippen molar-refractivity contribution in [2.75, 3.05) is 44.3 Å². The van der Waals surface area contributed by atoms with Crippen LogP contribution < -0.4 is 10.6 Å². The molecule has 3 rings (SSSR count). The van der Waals surface area contributed by atoms with Gasteiger partial charge in [-0.25, -0.2) is 8.78 Å². The van der Waals surface area contributed by atoms with E-state index < -0.39 is 23.8 Å². The van der Waals surface area contributed by atoms with E-state index in [1.54, 1.807) is 19.9 Å². The molecule has 8 nitrogen and oxygen atoms in total. The Morgan fingerprint density at radius 2 is 2.00 bits per heavy atom. The predicted molar refractivity (Wildman–Crippen MR) is 138 cm³/mol. The largest absolute Gasteiger partial charge is 0.403 e. The Kier molecular flexibility index (Phi) is 8.98. The van der Waals surface area contributed by atoms with Crippen LogP contribution in [0.3, 0.4) is 0 Å². The van der Waals surface area contributed by atoms with E-state index in [1.807, 2.05) is 13.0 Å². The molecule has 3 N–H and O–H groups in total. The van der Waals surface area contributed by atoms with Crippen LogP contribution >= 0.6 is 11.6 Å². The lowest BCUT2D eigenvalue weighted by Crippen LogP contribution is -2.60. The number of nitrogens with two attached hydrogens (primary N) is 1. The summed E-state index contributed by atoms with van der Waals surface area (Å²) < 4.78 is 32.4. The average molecular weight is 511 g/mol. The van der Waals surface area contributed by atoms with Crippen molar-refractivity contribution in [3.63, 3.8) is 0 Å². The lowest BCUT2D eigenvalue weighted by Gasteiger charge is -2.45. The molecule has 2 atom stereocenters. The van der Waals surface area contributed by atoms with E-state index in [0.29, 0.717) is 42.6 Å². The van der Waals surface area contributed by atoms with E-state index in [1.165, 1.54) is 6.21 Å². The van der Waals surface area contributed by atoms with Crippen molar-refractivity contribution in [2.24, 2.45) is 20.7 Å². The van der Waals surface area contributed by atoms with E-state index >= 15 is 0 Å². The summed E-state index contributed by atoms with van der Waals surface area (Å²) in [5, 5.41) is 10.8. The minimum atomic E-state index is -2.81. The van der Waals surface area contributed by atoms with Gasteiger partial charge in [-0.2, -0.15) is 0 Å². The number of anilines is 1. The van der Waals surface area contributed by atoms with Gasteiger partial charge in [0, 0.05) is 50.2 Å². The van der Waals surface area contributed by atoms with Crippen LogP contribution in [0.5, 0.6) is 0 Å². The minimum absolute atomic E-state index is 0.119. The monoisotopic (exact) mass is 510 g/mol. The number of aliphatic hydroxyl groups is 1.